The van der Waals surface area contributed by atoms with Crippen LogP contribution >= 0.6 is 0 Å². The molecule has 26 heavy (non-hydrogen) atoms. The van der Waals surface area contributed by atoms with E-state index >= 15 is 0 Å². The molecule has 6 nitrogen and oxygen atoms in total. The van der Waals surface area contributed by atoms with E-state index in [-0.39, 0.29) is 24.4 Å². The Morgan fingerprint density at radius 3 is 1.46 bits per heavy atom. The molecule has 0 radical (unpaired) electrons. The standard InChI is InChI=1S/C20H32N2O4/c1-17(2)25-19(23)21-15-13-11-9-7-5-6-8-10-12-14-16-22-20(24)26-18(3)4/h17-18H,9-16H2,1-4H3,(H,21,23)(H,22,24). The molecule has 0 rings (SSSR count). The van der Waals surface area contributed by atoms with Crippen LogP contribution in [0.4, 0.5) is 9.59 Å². The smallest absolute Gasteiger partial charge is 0.407 e. The molecule has 2 N–H and O–H groups in total. The van der Waals surface area contributed by atoms with Gasteiger partial charge in [-0.05, 0) is 65.2 Å². The summed E-state index contributed by atoms with van der Waals surface area (Å²) >= 11 is 0. The number of alkyl carbamates (subject to hydrolysis) is 2. The maximum absolute atomic E-state index is 11.2. The molecule has 0 aromatic carbocycles. The molecular weight excluding hydrogens is 332 g/mol. The zero-order valence-corrected chi connectivity index (χ0v) is 16.4. The minimum Gasteiger partial charge on any atom is -0.447 e. The van der Waals surface area contributed by atoms with E-state index in [1.807, 2.05) is 27.7 Å². The van der Waals surface area contributed by atoms with E-state index in [0.29, 0.717) is 13.1 Å². The number of ether oxygens (including phenoxy) is 2. The van der Waals surface area contributed by atoms with E-state index in [1.54, 1.807) is 0 Å². The summed E-state index contributed by atoms with van der Waals surface area (Å²) < 4.78 is 9.92. The van der Waals surface area contributed by atoms with Crippen molar-refractivity contribution in [3.8, 4) is 23.7 Å². The highest BCUT2D eigenvalue weighted by Crippen LogP contribution is 1.95. The summed E-state index contributed by atoms with van der Waals surface area (Å²) in [5.74, 6) is 11.7. The molecule has 0 aromatic rings. The second-order valence-corrected chi connectivity index (χ2v) is 6.28. The van der Waals surface area contributed by atoms with Crippen molar-refractivity contribution in [3.05, 3.63) is 0 Å². The van der Waals surface area contributed by atoms with Crippen molar-refractivity contribution in [2.45, 2.75) is 78.4 Å². The topological polar surface area (TPSA) is 76.7 Å². The van der Waals surface area contributed by atoms with E-state index in [4.69, 9.17) is 9.47 Å². The van der Waals surface area contributed by atoms with Crippen LogP contribution in [-0.2, 0) is 9.47 Å². The second kappa shape index (κ2) is 16.1. The summed E-state index contributed by atoms with van der Waals surface area (Å²) in [5, 5.41) is 5.39. The van der Waals surface area contributed by atoms with Gasteiger partial charge in [0.2, 0.25) is 0 Å². The molecule has 0 unspecified atom stereocenters. The molecule has 0 atom stereocenters. The molecule has 2 amide bonds. The minimum atomic E-state index is -0.371. The van der Waals surface area contributed by atoms with Gasteiger partial charge in [-0.1, -0.05) is 11.8 Å². The normalized spacial score (nSPS) is 9.62. The van der Waals surface area contributed by atoms with Gasteiger partial charge in [-0.25, -0.2) is 9.59 Å². The molecule has 0 spiro atoms. The Balaban J connectivity index is 3.49. The first kappa shape index (κ1) is 23.7. The third-order valence-electron chi connectivity index (χ3n) is 2.92. The molecule has 6 heteroatoms. The van der Waals surface area contributed by atoms with Crippen LogP contribution < -0.4 is 10.6 Å². The van der Waals surface area contributed by atoms with Crippen molar-refractivity contribution in [2.75, 3.05) is 13.1 Å². The third-order valence-corrected chi connectivity index (χ3v) is 2.92. The lowest BCUT2D eigenvalue weighted by atomic mass is 10.2. The number of carbonyl (C=O) groups is 2. The lowest BCUT2D eigenvalue weighted by molar-refractivity contribution is 0.114. The van der Waals surface area contributed by atoms with Gasteiger partial charge < -0.3 is 20.1 Å². The van der Waals surface area contributed by atoms with Crippen molar-refractivity contribution >= 4 is 12.2 Å². The monoisotopic (exact) mass is 364 g/mol. The van der Waals surface area contributed by atoms with Crippen molar-refractivity contribution in [2.24, 2.45) is 0 Å². The number of unbranched alkanes of at least 4 members (excludes halogenated alkanes) is 4. The van der Waals surface area contributed by atoms with Gasteiger partial charge in [-0.2, -0.15) is 0 Å². The van der Waals surface area contributed by atoms with Crippen LogP contribution in [0.25, 0.3) is 0 Å². The summed E-state index contributed by atoms with van der Waals surface area (Å²) in [4.78, 5) is 22.4. The number of hydrogen-bond donors (Lipinski definition) is 2. The average molecular weight is 364 g/mol. The first-order valence-electron chi connectivity index (χ1n) is 9.26. The van der Waals surface area contributed by atoms with E-state index in [1.165, 1.54) is 0 Å². The van der Waals surface area contributed by atoms with Crippen LogP contribution in [0, 0.1) is 23.7 Å². The fourth-order valence-electron chi connectivity index (χ4n) is 1.78. The fraction of sp³-hybridized carbons (Fsp3) is 0.700. The second-order valence-electron chi connectivity index (χ2n) is 6.28. The first-order chi connectivity index (χ1) is 12.4. The van der Waals surface area contributed by atoms with Gasteiger partial charge in [0.1, 0.15) is 0 Å². The van der Waals surface area contributed by atoms with E-state index < -0.39 is 0 Å². The lowest BCUT2D eigenvalue weighted by Gasteiger charge is -2.08. The Morgan fingerprint density at radius 2 is 1.12 bits per heavy atom. The number of hydrogen-bond acceptors (Lipinski definition) is 4. The average Bonchev–Trinajstić information content (AvgIpc) is 2.53. The maximum atomic E-state index is 11.2. The van der Waals surface area contributed by atoms with Gasteiger partial charge in [0.25, 0.3) is 0 Å². The van der Waals surface area contributed by atoms with Crippen LogP contribution in [-0.4, -0.2) is 37.5 Å². The summed E-state index contributed by atoms with van der Waals surface area (Å²) in [6, 6.07) is 0. The Hall–Kier alpha value is -2.34. The first-order valence-corrected chi connectivity index (χ1v) is 9.26. The van der Waals surface area contributed by atoms with Crippen LogP contribution in [0.15, 0.2) is 0 Å². The van der Waals surface area contributed by atoms with E-state index in [9.17, 15) is 9.59 Å². The Labute approximate surface area is 157 Å². The summed E-state index contributed by atoms with van der Waals surface area (Å²) in [7, 11) is 0. The van der Waals surface area contributed by atoms with Crippen LogP contribution in [0.5, 0.6) is 0 Å². The molecule has 0 aliphatic carbocycles. The highest BCUT2D eigenvalue weighted by Gasteiger charge is 2.03. The lowest BCUT2D eigenvalue weighted by Crippen LogP contribution is -2.27. The van der Waals surface area contributed by atoms with Crippen molar-refractivity contribution in [1.29, 1.82) is 0 Å². The Morgan fingerprint density at radius 1 is 0.731 bits per heavy atom. The third kappa shape index (κ3) is 18.0. The molecule has 0 heterocycles. The fourth-order valence-corrected chi connectivity index (χ4v) is 1.78. The molecule has 0 fully saturated rings. The quantitative estimate of drug-likeness (QED) is 0.459. The Kier molecular flexibility index (Phi) is 14.7. The van der Waals surface area contributed by atoms with E-state index in [2.05, 4.69) is 34.3 Å². The van der Waals surface area contributed by atoms with Crippen LogP contribution in [0.2, 0.25) is 0 Å². The highest BCUT2D eigenvalue weighted by atomic mass is 16.6. The molecule has 146 valence electrons. The van der Waals surface area contributed by atoms with Crippen LogP contribution in [0.1, 0.15) is 66.2 Å². The predicted molar refractivity (Wildman–Crippen MR) is 102 cm³/mol. The predicted octanol–water partition coefficient (Wildman–Crippen LogP) is 3.60. The zero-order valence-electron chi connectivity index (χ0n) is 16.4. The molecule has 0 bridgehead atoms. The van der Waals surface area contributed by atoms with Crippen molar-refractivity contribution in [1.82, 2.24) is 10.6 Å². The molecule has 0 aromatic heterocycles. The highest BCUT2D eigenvalue weighted by molar-refractivity contribution is 5.67. The molecule has 0 saturated carbocycles. The molecule has 0 aliphatic heterocycles. The van der Waals surface area contributed by atoms with E-state index in [0.717, 1.165) is 38.5 Å². The Bertz CT molecular complexity index is 473. The van der Waals surface area contributed by atoms with Gasteiger partial charge in [0.05, 0.1) is 12.2 Å². The van der Waals surface area contributed by atoms with Gasteiger partial charge in [-0.15, -0.1) is 0 Å². The summed E-state index contributed by atoms with van der Waals surface area (Å²) in [6.07, 6.45) is 4.13. The number of carbonyl (C=O) groups excluding carboxylic acids is 2. The number of nitrogens with one attached hydrogen (secondary N) is 2. The van der Waals surface area contributed by atoms with Crippen molar-refractivity contribution < 1.29 is 19.1 Å². The number of amides is 2. The maximum Gasteiger partial charge on any atom is 0.407 e. The van der Waals surface area contributed by atoms with Gasteiger partial charge >= 0.3 is 12.2 Å². The van der Waals surface area contributed by atoms with Gasteiger partial charge in [-0.3, -0.25) is 0 Å². The largest absolute Gasteiger partial charge is 0.447 e. The summed E-state index contributed by atoms with van der Waals surface area (Å²) in [5.41, 5.74) is 0. The molecular formula is C20H32N2O4. The van der Waals surface area contributed by atoms with Crippen molar-refractivity contribution in [3.63, 3.8) is 0 Å². The SMILES string of the molecule is CC(C)OC(=O)NCCCCC#CC#CCCCCNC(=O)OC(C)C. The van der Waals surface area contributed by atoms with Crippen LogP contribution in [0.3, 0.4) is 0 Å². The van der Waals surface area contributed by atoms with Gasteiger partial charge in [0, 0.05) is 25.9 Å². The molecule has 0 saturated heterocycles. The zero-order chi connectivity index (χ0) is 19.6. The van der Waals surface area contributed by atoms with Gasteiger partial charge in [0.15, 0.2) is 0 Å². The minimum absolute atomic E-state index is 0.0999. The summed E-state index contributed by atoms with van der Waals surface area (Å²) in [6.45, 7) is 8.46. The molecule has 0 aliphatic rings. The number of rotatable bonds is 10.